The molecule has 9 nitrogen and oxygen atoms in total. The number of nitrogens with zero attached hydrogens (tertiary/aromatic N) is 2. The topological polar surface area (TPSA) is 130 Å². The van der Waals surface area contributed by atoms with Gasteiger partial charge in [-0.15, -0.1) is 0 Å². The Hall–Kier alpha value is -3.18. The highest BCUT2D eigenvalue weighted by atomic mass is 79.9. The van der Waals surface area contributed by atoms with Crippen LogP contribution >= 0.6 is 28.6 Å². The van der Waals surface area contributed by atoms with Crippen LogP contribution in [0.1, 0.15) is 22.3 Å². The van der Waals surface area contributed by atoms with Gasteiger partial charge in [-0.2, -0.15) is 12.6 Å². The third kappa shape index (κ3) is 6.66. The maximum atomic E-state index is 13.1. The highest BCUT2D eigenvalue weighted by Gasteiger charge is 2.28. The molecule has 0 fully saturated rings. The van der Waals surface area contributed by atoms with Crippen LogP contribution in [0.4, 0.5) is 5.69 Å². The van der Waals surface area contributed by atoms with E-state index in [0.717, 1.165) is 9.37 Å². The molecule has 168 valence electrons. The fourth-order valence-electron chi connectivity index (χ4n) is 2.74. The number of carbonyl (C=O) groups excluding carboxylic acids is 2. The number of hydrogen-bond acceptors (Lipinski definition) is 6. The standard InChI is InChI=1S/C21H20BrN3O6S/c1-24(18(10-11-32)21(28)29)20(27)17(12-13-2-8-16(9-3-13)25(30)31)23-19(26)14-4-6-15(22)7-5-14/h2-9,12,18,32H,10-11H2,1H3,(H,23,26)(H,28,29)/b17-12+. The van der Waals surface area contributed by atoms with Gasteiger partial charge in [-0.3, -0.25) is 19.7 Å². The molecule has 1 unspecified atom stereocenters. The Morgan fingerprint density at radius 1 is 1.19 bits per heavy atom. The van der Waals surface area contributed by atoms with Gasteiger partial charge in [-0.05, 0) is 60.2 Å². The highest BCUT2D eigenvalue weighted by Crippen LogP contribution is 2.17. The Balaban J connectivity index is 2.41. The lowest BCUT2D eigenvalue weighted by Crippen LogP contribution is -2.45. The molecule has 0 heterocycles. The molecule has 0 radical (unpaired) electrons. The van der Waals surface area contributed by atoms with E-state index in [0.29, 0.717) is 5.56 Å². The smallest absolute Gasteiger partial charge is 0.326 e. The maximum absolute atomic E-state index is 13.1. The van der Waals surface area contributed by atoms with E-state index in [-0.39, 0.29) is 29.1 Å². The molecule has 0 saturated heterocycles. The summed E-state index contributed by atoms with van der Waals surface area (Å²) in [5.74, 6) is -2.28. The summed E-state index contributed by atoms with van der Waals surface area (Å²) in [6.45, 7) is 0. The van der Waals surface area contributed by atoms with Gasteiger partial charge in [-0.25, -0.2) is 4.79 Å². The Bertz CT molecular complexity index is 1040. The molecule has 1 atom stereocenters. The number of non-ortho nitro benzene ring substituents is 1. The molecule has 0 spiro atoms. The van der Waals surface area contributed by atoms with Crippen molar-refractivity contribution in [3.05, 3.63) is 79.9 Å². The number of aliphatic carboxylic acids is 1. The predicted octanol–water partition coefficient (Wildman–Crippen LogP) is 3.36. The van der Waals surface area contributed by atoms with Crippen molar-refractivity contribution < 1.29 is 24.4 Å². The minimum absolute atomic E-state index is 0.103. The fraction of sp³-hybridized carbons (Fsp3) is 0.190. The maximum Gasteiger partial charge on any atom is 0.326 e. The van der Waals surface area contributed by atoms with Crippen LogP contribution in [-0.2, 0) is 9.59 Å². The van der Waals surface area contributed by atoms with Crippen LogP contribution in [0.15, 0.2) is 58.7 Å². The quantitative estimate of drug-likeness (QED) is 0.201. The second-order valence-corrected chi connectivity index (χ2v) is 8.01. The monoisotopic (exact) mass is 521 g/mol. The zero-order chi connectivity index (χ0) is 23.8. The lowest BCUT2D eigenvalue weighted by atomic mass is 10.1. The number of nitrogens with one attached hydrogen (secondary N) is 1. The van der Waals surface area contributed by atoms with Crippen molar-refractivity contribution in [3.63, 3.8) is 0 Å². The van der Waals surface area contributed by atoms with Crippen LogP contribution < -0.4 is 5.32 Å². The van der Waals surface area contributed by atoms with E-state index >= 15 is 0 Å². The largest absolute Gasteiger partial charge is 0.480 e. The lowest BCUT2D eigenvalue weighted by molar-refractivity contribution is -0.384. The molecule has 0 saturated carbocycles. The molecule has 2 N–H and O–H groups in total. The van der Waals surface area contributed by atoms with Gasteiger partial charge in [0.15, 0.2) is 0 Å². The molecular formula is C21H20BrN3O6S. The van der Waals surface area contributed by atoms with Gasteiger partial charge in [0.2, 0.25) is 0 Å². The minimum Gasteiger partial charge on any atom is -0.480 e. The first-order valence-electron chi connectivity index (χ1n) is 9.28. The first-order valence-corrected chi connectivity index (χ1v) is 10.7. The molecule has 2 aromatic carbocycles. The average molecular weight is 522 g/mol. The molecule has 2 aromatic rings. The lowest BCUT2D eigenvalue weighted by Gasteiger charge is -2.25. The van der Waals surface area contributed by atoms with Crippen molar-refractivity contribution in [3.8, 4) is 0 Å². The van der Waals surface area contributed by atoms with E-state index in [1.54, 1.807) is 24.3 Å². The summed E-state index contributed by atoms with van der Waals surface area (Å²) < 4.78 is 0.766. The number of nitro benzene ring substituents is 1. The molecule has 0 bridgehead atoms. The first kappa shape index (κ1) is 25.1. The molecule has 2 amide bonds. The summed E-state index contributed by atoms with van der Waals surface area (Å²) in [4.78, 5) is 48.7. The number of likely N-dealkylation sites (N-methyl/N-ethyl adjacent to an activating group) is 1. The molecular weight excluding hydrogens is 502 g/mol. The predicted molar refractivity (Wildman–Crippen MR) is 125 cm³/mol. The van der Waals surface area contributed by atoms with Gasteiger partial charge < -0.3 is 15.3 Å². The van der Waals surface area contributed by atoms with Gasteiger partial charge in [-0.1, -0.05) is 15.9 Å². The zero-order valence-electron chi connectivity index (χ0n) is 16.9. The van der Waals surface area contributed by atoms with Crippen molar-refractivity contribution >= 4 is 58.1 Å². The SMILES string of the molecule is CN(C(=O)/C(=C\c1ccc([N+](=O)[O-])cc1)NC(=O)c1ccc(Br)cc1)C(CCS)C(=O)O. The van der Waals surface area contributed by atoms with Gasteiger partial charge in [0.1, 0.15) is 11.7 Å². The molecule has 2 rings (SSSR count). The number of benzene rings is 2. The summed E-state index contributed by atoms with van der Waals surface area (Å²) in [7, 11) is 1.32. The van der Waals surface area contributed by atoms with Crippen molar-refractivity contribution in [2.75, 3.05) is 12.8 Å². The number of carbonyl (C=O) groups is 3. The molecule has 0 aliphatic heterocycles. The summed E-state index contributed by atoms with van der Waals surface area (Å²) in [5, 5.41) is 22.9. The summed E-state index contributed by atoms with van der Waals surface area (Å²) in [6, 6.07) is 10.6. The van der Waals surface area contributed by atoms with E-state index < -0.39 is 28.7 Å². The fourth-order valence-corrected chi connectivity index (χ4v) is 3.25. The third-order valence-electron chi connectivity index (χ3n) is 4.48. The van der Waals surface area contributed by atoms with Gasteiger partial charge in [0, 0.05) is 29.2 Å². The molecule has 0 aliphatic rings. The van der Waals surface area contributed by atoms with Crippen LogP contribution in [0.25, 0.3) is 6.08 Å². The van der Waals surface area contributed by atoms with Crippen molar-refractivity contribution in [1.82, 2.24) is 10.2 Å². The number of halogens is 1. The van der Waals surface area contributed by atoms with Gasteiger partial charge in [0.25, 0.3) is 17.5 Å². The zero-order valence-corrected chi connectivity index (χ0v) is 19.4. The number of hydrogen-bond donors (Lipinski definition) is 3. The summed E-state index contributed by atoms with van der Waals surface area (Å²) in [6.07, 6.45) is 1.44. The highest BCUT2D eigenvalue weighted by molar-refractivity contribution is 9.10. The van der Waals surface area contributed by atoms with Crippen molar-refractivity contribution in [2.24, 2.45) is 0 Å². The number of carboxylic acid groups (broad SMARTS) is 1. The van der Waals surface area contributed by atoms with E-state index in [1.165, 1.54) is 37.4 Å². The van der Waals surface area contributed by atoms with Crippen LogP contribution in [0.5, 0.6) is 0 Å². The average Bonchev–Trinajstić information content (AvgIpc) is 2.76. The normalized spacial score (nSPS) is 12.0. The summed E-state index contributed by atoms with van der Waals surface area (Å²) >= 11 is 7.32. The number of nitro groups is 1. The third-order valence-corrected chi connectivity index (χ3v) is 5.26. The molecule has 11 heteroatoms. The van der Waals surface area contributed by atoms with Crippen LogP contribution in [0.3, 0.4) is 0 Å². The van der Waals surface area contributed by atoms with E-state index in [4.69, 9.17) is 0 Å². The Labute approximate surface area is 197 Å². The molecule has 0 aliphatic carbocycles. The Morgan fingerprint density at radius 3 is 2.28 bits per heavy atom. The van der Waals surface area contributed by atoms with E-state index in [1.807, 2.05) is 0 Å². The summed E-state index contributed by atoms with van der Waals surface area (Å²) in [5.41, 5.74) is 0.373. The van der Waals surface area contributed by atoms with Crippen molar-refractivity contribution in [1.29, 1.82) is 0 Å². The van der Waals surface area contributed by atoms with Gasteiger partial charge in [0.05, 0.1) is 4.92 Å². The number of thiol groups is 1. The molecule has 0 aromatic heterocycles. The van der Waals surface area contributed by atoms with E-state index in [9.17, 15) is 29.6 Å². The second kappa shape index (κ2) is 11.4. The number of carboxylic acids is 1. The van der Waals surface area contributed by atoms with Crippen LogP contribution in [0.2, 0.25) is 0 Å². The number of rotatable bonds is 9. The Morgan fingerprint density at radius 2 is 1.78 bits per heavy atom. The van der Waals surface area contributed by atoms with Crippen LogP contribution in [0, 0.1) is 10.1 Å². The van der Waals surface area contributed by atoms with Gasteiger partial charge >= 0.3 is 5.97 Å². The number of amides is 2. The second-order valence-electron chi connectivity index (χ2n) is 6.65. The van der Waals surface area contributed by atoms with Crippen LogP contribution in [-0.4, -0.2) is 51.6 Å². The molecule has 32 heavy (non-hydrogen) atoms. The van der Waals surface area contributed by atoms with E-state index in [2.05, 4.69) is 33.9 Å². The first-order chi connectivity index (χ1) is 15.1. The van der Waals surface area contributed by atoms with Crippen molar-refractivity contribution in [2.45, 2.75) is 12.5 Å². The Kier molecular flexibility index (Phi) is 8.97. The minimum atomic E-state index is -1.20.